The monoisotopic (exact) mass is 307 g/mol. The first-order chi connectivity index (χ1) is 10.3. The number of amides is 1. The van der Waals surface area contributed by atoms with Crippen molar-refractivity contribution in [2.45, 2.75) is 45.1 Å². The lowest BCUT2D eigenvalue weighted by molar-refractivity contribution is 0.0283. The molecule has 1 aromatic rings. The summed E-state index contributed by atoms with van der Waals surface area (Å²) in [7, 11) is 0. The Kier molecular flexibility index (Phi) is 7.08. The minimum absolute atomic E-state index is 0.154. The third-order valence-corrected chi connectivity index (χ3v) is 2.76. The molecule has 1 amide bonds. The summed E-state index contributed by atoms with van der Waals surface area (Å²) in [6.07, 6.45) is -0.154. The summed E-state index contributed by atoms with van der Waals surface area (Å²) in [6, 6.07) is 9.05. The molecule has 0 aliphatic carbocycles. The van der Waals surface area contributed by atoms with Crippen molar-refractivity contribution in [2.75, 3.05) is 6.61 Å². The van der Waals surface area contributed by atoms with Crippen LogP contribution in [0.4, 0.5) is 4.79 Å². The summed E-state index contributed by atoms with van der Waals surface area (Å²) >= 11 is 0. The fourth-order valence-electron chi connectivity index (χ4n) is 1.73. The van der Waals surface area contributed by atoms with Gasteiger partial charge in [0, 0.05) is 0 Å². The molecule has 5 nitrogen and oxygen atoms in total. The quantitative estimate of drug-likeness (QED) is 0.760. The van der Waals surface area contributed by atoms with Crippen molar-refractivity contribution in [2.24, 2.45) is 0 Å². The SMILES string of the molecule is C=CC(O)C(COCc1ccccc1)NC(=O)OC(C)(C)C. The number of carbonyl (C=O) groups is 1. The first-order valence-corrected chi connectivity index (χ1v) is 7.23. The predicted molar refractivity (Wildman–Crippen MR) is 85.5 cm³/mol. The van der Waals surface area contributed by atoms with Gasteiger partial charge in [-0.05, 0) is 26.3 Å². The summed E-state index contributed by atoms with van der Waals surface area (Å²) in [4.78, 5) is 11.8. The van der Waals surface area contributed by atoms with E-state index in [-0.39, 0.29) is 6.61 Å². The van der Waals surface area contributed by atoms with Gasteiger partial charge in [0.05, 0.1) is 25.4 Å². The van der Waals surface area contributed by atoms with Gasteiger partial charge in [-0.3, -0.25) is 0 Å². The van der Waals surface area contributed by atoms with Crippen LogP contribution < -0.4 is 5.32 Å². The van der Waals surface area contributed by atoms with Gasteiger partial charge in [-0.15, -0.1) is 6.58 Å². The minimum atomic E-state index is -0.914. The van der Waals surface area contributed by atoms with E-state index in [0.29, 0.717) is 6.61 Å². The molecule has 0 aliphatic heterocycles. The van der Waals surface area contributed by atoms with Gasteiger partial charge < -0.3 is 19.9 Å². The second kappa shape index (κ2) is 8.56. The van der Waals surface area contributed by atoms with Gasteiger partial charge >= 0.3 is 6.09 Å². The van der Waals surface area contributed by atoms with Crippen molar-refractivity contribution in [3.05, 3.63) is 48.6 Å². The topological polar surface area (TPSA) is 67.8 Å². The fourth-order valence-corrected chi connectivity index (χ4v) is 1.73. The van der Waals surface area contributed by atoms with Crippen molar-refractivity contribution in [3.63, 3.8) is 0 Å². The Labute approximate surface area is 131 Å². The van der Waals surface area contributed by atoms with E-state index in [2.05, 4.69) is 11.9 Å². The highest BCUT2D eigenvalue weighted by Gasteiger charge is 2.23. The smallest absolute Gasteiger partial charge is 0.408 e. The molecule has 2 atom stereocenters. The maximum Gasteiger partial charge on any atom is 0.408 e. The van der Waals surface area contributed by atoms with Crippen molar-refractivity contribution in [3.8, 4) is 0 Å². The number of carbonyl (C=O) groups excluding carboxylic acids is 1. The van der Waals surface area contributed by atoms with Crippen molar-refractivity contribution >= 4 is 6.09 Å². The zero-order valence-corrected chi connectivity index (χ0v) is 13.4. The Morgan fingerprint density at radius 2 is 2.00 bits per heavy atom. The minimum Gasteiger partial charge on any atom is -0.444 e. The van der Waals surface area contributed by atoms with E-state index < -0.39 is 23.8 Å². The van der Waals surface area contributed by atoms with Gasteiger partial charge in [0.1, 0.15) is 5.60 Å². The fraction of sp³-hybridized carbons (Fsp3) is 0.471. The lowest BCUT2D eigenvalue weighted by Gasteiger charge is -2.25. The molecular weight excluding hydrogens is 282 g/mol. The lowest BCUT2D eigenvalue weighted by atomic mass is 10.1. The zero-order valence-electron chi connectivity index (χ0n) is 13.4. The first kappa shape index (κ1) is 18.2. The third-order valence-electron chi connectivity index (χ3n) is 2.76. The number of ether oxygens (including phenoxy) is 2. The van der Waals surface area contributed by atoms with E-state index in [9.17, 15) is 9.90 Å². The van der Waals surface area contributed by atoms with E-state index in [4.69, 9.17) is 9.47 Å². The number of aliphatic hydroxyl groups is 1. The normalized spacial score (nSPS) is 14.0. The van der Waals surface area contributed by atoms with Gasteiger partial charge in [-0.25, -0.2) is 4.79 Å². The molecule has 0 saturated heterocycles. The standard InChI is InChI=1S/C17H25NO4/c1-5-15(19)14(18-16(20)22-17(2,3)4)12-21-11-13-9-7-6-8-10-13/h5-10,14-15,19H,1,11-12H2,2-4H3,(H,18,20). The molecule has 1 aromatic carbocycles. The number of alkyl carbamates (subject to hydrolysis) is 1. The first-order valence-electron chi connectivity index (χ1n) is 7.23. The van der Waals surface area contributed by atoms with E-state index >= 15 is 0 Å². The molecule has 22 heavy (non-hydrogen) atoms. The molecule has 0 fully saturated rings. The molecule has 0 radical (unpaired) electrons. The largest absolute Gasteiger partial charge is 0.444 e. The summed E-state index contributed by atoms with van der Waals surface area (Å²) in [5.74, 6) is 0. The van der Waals surface area contributed by atoms with Crippen molar-refractivity contribution in [1.29, 1.82) is 0 Å². The second-order valence-electron chi connectivity index (χ2n) is 5.98. The summed E-state index contributed by atoms with van der Waals surface area (Å²) < 4.78 is 10.7. The van der Waals surface area contributed by atoms with Gasteiger partial charge in [0.2, 0.25) is 0 Å². The predicted octanol–water partition coefficient (Wildman–Crippen LogP) is 2.64. The number of benzene rings is 1. The van der Waals surface area contributed by atoms with Crippen LogP contribution in [0, 0.1) is 0 Å². The van der Waals surface area contributed by atoms with Crippen LogP contribution in [0.2, 0.25) is 0 Å². The second-order valence-corrected chi connectivity index (χ2v) is 5.98. The van der Waals surface area contributed by atoms with Gasteiger partial charge in [-0.2, -0.15) is 0 Å². The Balaban J connectivity index is 2.50. The maximum atomic E-state index is 11.8. The molecule has 0 heterocycles. The van der Waals surface area contributed by atoms with E-state index in [1.807, 2.05) is 30.3 Å². The third kappa shape index (κ3) is 7.24. The molecule has 122 valence electrons. The van der Waals surface area contributed by atoms with E-state index in [0.717, 1.165) is 5.56 Å². The van der Waals surface area contributed by atoms with Gasteiger partial charge in [0.15, 0.2) is 0 Å². The number of hydrogen-bond donors (Lipinski definition) is 2. The Morgan fingerprint density at radius 1 is 1.36 bits per heavy atom. The van der Waals surface area contributed by atoms with Gasteiger partial charge in [-0.1, -0.05) is 36.4 Å². The molecule has 1 rings (SSSR count). The molecule has 2 unspecified atom stereocenters. The van der Waals surface area contributed by atoms with Crippen molar-refractivity contribution < 1.29 is 19.4 Å². The molecule has 0 spiro atoms. The molecule has 0 aliphatic rings. The number of hydrogen-bond acceptors (Lipinski definition) is 4. The molecule has 0 aromatic heterocycles. The van der Waals surface area contributed by atoms with Crippen LogP contribution in [0.5, 0.6) is 0 Å². The molecule has 2 N–H and O–H groups in total. The van der Waals surface area contributed by atoms with Crippen LogP contribution in [0.25, 0.3) is 0 Å². The molecular formula is C17H25NO4. The zero-order chi connectivity index (χ0) is 16.6. The summed E-state index contributed by atoms with van der Waals surface area (Å²) in [5.41, 5.74) is 0.421. The Hall–Kier alpha value is -1.85. The highest BCUT2D eigenvalue weighted by atomic mass is 16.6. The Bertz CT molecular complexity index is 467. The summed E-state index contributed by atoms with van der Waals surface area (Å²) in [5, 5.41) is 12.5. The maximum absolute atomic E-state index is 11.8. The van der Waals surface area contributed by atoms with Crippen LogP contribution in [0.15, 0.2) is 43.0 Å². The number of aliphatic hydroxyl groups excluding tert-OH is 1. The van der Waals surface area contributed by atoms with E-state index in [1.165, 1.54) is 6.08 Å². The van der Waals surface area contributed by atoms with E-state index in [1.54, 1.807) is 20.8 Å². The highest BCUT2D eigenvalue weighted by molar-refractivity contribution is 5.68. The van der Waals surface area contributed by atoms with Crippen molar-refractivity contribution in [1.82, 2.24) is 5.32 Å². The molecule has 0 saturated carbocycles. The van der Waals surface area contributed by atoms with Crippen LogP contribution in [-0.2, 0) is 16.1 Å². The van der Waals surface area contributed by atoms with Gasteiger partial charge in [0.25, 0.3) is 0 Å². The summed E-state index contributed by atoms with van der Waals surface area (Å²) in [6.45, 7) is 9.41. The lowest BCUT2D eigenvalue weighted by Crippen LogP contribution is -2.47. The average Bonchev–Trinajstić information content (AvgIpc) is 2.44. The van der Waals surface area contributed by atoms with Crippen LogP contribution in [0.1, 0.15) is 26.3 Å². The highest BCUT2D eigenvalue weighted by Crippen LogP contribution is 2.08. The molecule has 0 bridgehead atoms. The molecule has 5 heteroatoms. The Morgan fingerprint density at radius 3 is 2.55 bits per heavy atom. The van der Waals surface area contributed by atoms with Crippen LogP contribution in [0.3, 0.4) is 0 Å². The van der Waals surface area contributed by atoms with Crippen LogP contribution in [-0.4, -0.2) is 35.6 Å². The average molecular weight is 307 g/mol. The number of rotatable bonds is 7. The van der Waals surface area contributed by atoms with Crippen LogP contribution >= 0.6 is 0 Å². The number of nitrogens with one attached hydrogen (secondary N) is 1.